The van der Waals surface area contributed by atoms with Crippen molar-refractivity contribution in [2.75, 3.05) is 0 Å². The third-order valence-electron chi connectivity index (χ3n) is 8.46. The number of benzene rings is 6. The zero-order valence-electron chi connectivity index (χ0n) is 22.5. The summed E-state index contributed by atoms with van der Waals surface area (Å²) in [5.74, 6) is 0.665. The van der Waals surface area contributed by atoms with Crippen LogP contribution in [0.25, 0.3) is 77.2 Å². The molecule has 0 bridgehead atoms. The average Bonchev–Trinajstić information content (AvgIpc) is 3.61. The van der Waals surface area contributed by atoms with Gasteiger partial charge in [0.25, 0.3) is 5.56 Å². The van der Waals surface area contributed by atoms with E-state index in [0.29, 0.717) is 11.2 Å². The molecular weight excluding hydrogens is 514 g/mol. The van der Waals surface area contributed by atoms with Gasteiger partial charge in [-0.2, -0.15) is 0 Å². The molecule has 9 rings (SSSR count). The smallest absolute Gasteiger partial charge is 0.264 e. The number of nitrogens with zero attached hydrogens (tertiary/aromatic N) is 3. The lowest BCUT2D eigenvalue weighted by atomic mass is 10.0. The van der Waals surface area contributed by atoms with Crippen LogP contribution < -0.4 is 5.56 Å². The molecule has 42 heavy (non-hydrogen) atoms. The van der Waals surface area contributed by atoms with E-state index >= 15 is 0 Å². The van der Waals surface area contributed by atoms with E-state index < -0.39 is 0 Å². The lowest BCUT2D eigenvalue weighted by Gasteiger charge is -2.12. The van der Waals surface area contributed by atoms with E-state index in [1.807, 2.05) is 60.7 Å². The van der Waals surface area contributed by atoms with Gasteiger partial charge in [-0.25, -0.2) is 4.98 Å². The van der Waals surface area contributed by atoms with Crippen molar-refractivity contribution in [2.45, 2.75) is 0 Å². The van der Waals surface area contributed by atoms with Crippen molar-refractivity contribution in [1.29, 1.82) is 0 Å². The molecule has 0 radical (unpaired) electrons. The number of aromatic nitrogens is 3. The van der Waals surface area contributed by atoms with Crippen LogP contribution in [0.4, 0.5) is 0 Å². The van der Waals surface area contributed by atoms with Crippen LogP contribution in [0.1, 0.15) is 0 Å². The van der Waals surface area contributed by atoms with Gasteiger partial charge in [0.1, 0.15) is 5.82 Å². The third kappa shape index (κ3) is 3.17. The molecule has 4 nitrogen and oxygen atoms in total. The molecular formula is C38H23N3O. The Morgan fingerprint density at radius 2 is 1.12 bits per heavy atom. The summed E-state index contributed by atoms with van der Waals surface area (Å²) in [7, 11) is 0. The second-order valence-corrected chi connectivity index (χ2v) is 10.8. The topological polar surface area (TPSA) is 39.3 Å². The van der Waals surface area contributed by atoms with Gasteiger partial charge in [0.15, 0.2) is 0 Å². The van der Waals surface area contributed by atoms with Crippen LogP contribution in [-0.4, -0.2) is 14.0 Å². The molecule has 3 heterocycles. The molecule has 0 atom stereocenters. The van der Waals surface area contributed by atoms with Crippen LogP contribution >= 0.6 is 0 Å². The number of imidazole rings is 1. The number of pyridine rings is 1. The largest absolute Gasteiger partial charge is 0.309 e. The zero-order valence-corrected chi connectivity index (χ0v) is 22.5. The second kappa shape index (κ2) is 8.63. The summed E-state index contributed by atoms with van der Waals surface area (Å²) in [5.41, 5.74) is 8.20. The zero-order chi connectivity index (χ0) is 27.8. The minimum atomic E-state index is -0.0440. The van der Waals surface area contributed by atoms with E-state index in [0.717, 1.165) is 44.1 Å². The van der Waals surface area contributed by atoms with Crippen LogP contribution in [-0.2, 0) is 0 Å². The normalized spacial score (nSPS) is 11.9. The molecule has 0 unspecified atom stereocenters. The maximum Gasteiger partial charge on any atom is 0.264 e. The molecule has 4 heteroatoms. The van der Waals surface area contributed by atoms with Gasteiger partial charge >= 0.3 is 0 Å². The average molecular weight is 538 g/mol. The second-order valence-electron chi connectivity index (χ2n) is 10.8. The molecule has 0 fully saturated rings. The van der Waals surface area contributed by atoms with Crippen LogP contribution in [0.5, 0.6) is 0 Å². The van der Waals surface area contributed by atoms with Crippen molar-refractivity contribution in [3.05, 3.63) is 150 Å². The molecule has 0 amide bonds. The molecule has 0 aliphatic heterocycles. The Morgan fingerprint density at radius 1 is 0.476 bits per heavy atom. The molecule has 6 aromatic carbocycles. The molecule has 9 aromatic rings. The lowest BCUT2D eigenvalue weighted by molar-refractivity contribution is 1.13. The third-order valence-corrected chi connectivity index (χ3v) is 8.46. The monoisotopic (exact) mass is 537 g/mol. The van der Waals surface area contributed by atoms with Gasteiger partial charge < -0.3 is 4.57 Å². The molecule has 0 spiro atoms. The van der Waals surface area contributed by atoms with Crippen LogP contribution in [0.3, 0.4) is 0 Å². The molecule has 0 aliphatic rings. The summed E-state index contributed by atoms with van der Waals surface area (Å²) >= 11 is 0. The highest BCUT2D eigenvalue weighted by atomic mass is 16.1. The highest BCUT2D eigenvalue weighted by Crippen LogP contribution is 2.38. The standard InChI is InChI=1S/C38H23N3O/c42-38-30-17-8-7-15-28(30)32-22-27(23-33-36(32)41(38)37(39-33)25-13-5-2-6-14-25)40-34-18-10-9-16-29(34)31-21-26(19-20-35(31)40)24-11-3-1-4-12-24/h1-23H. The van der Waals surface area contributed by atoms with Crippen LogP contribution in [0, 0.1) is 0 Å². The Bertz CT molecular complexity index is 2530. The minimum absolute atomic E-state index is 0.0440. The van der Waals surface area contributed by atoms with E-state index in [1.165, 1.54) is 21.9 Å². The Labute approximate surface area is 240 Å². The first kappa shape index (κ1) is 23.0. The summed E-state index contributed by atoms with van der Waals surface area (Å²) < 4.78 is 4.12. The van der Waals surface area contributed by atoms with Gasteiger partial charge in [-0.05, 0) is 52.9 Å². The molecule has 0 N–H and O–H groups in total. The first-order chi connectivity index (χ1) is 20.8. The maximum atomic E-state index is 13.9. The summed E-state index contributed by atoms with van der Waals surface area (Å²) in [6, 6.07) is 48.0. The molecule has 0 aliphatic carbocycles. The molecule has 196 valence electrons. The number of hydrogen-bond acceptors (Lipinski definition) is 2. The van der Waals surface area contributed by atoms with Crippen molar-refractivity contribution in [3.8, 4) is 28.2 Å². The fourth-order valence-electron chi connectivity index (χ4n) is 6.59. The fourth-order valence-corrected chi connectivity index (χ4v) is 6.59. The minimum Gasteiger partial charge on any atom is -0.309 e. The number of fused-ring (bicyclic) bond motifs is 5. The predicted molar refractivity (Wildman–Crippen MR) is 173 cm³/mol. The quantitative estimate of drug-likeness (QED) is 0.211. The Morgan fingerprint density at radius 3 is 1.90 bits per heavy atom. The van der Waals surface area contributed by atoms with E-state index in [-0.39, 0.29) is 5.56 Å². The van der Waals surface area contributed by atoms with Crippen molar-refractivity contribution >= 4 is 49.0 Å². The first-order valence-electron chi connectivity index (χ1n) is 14.1. The number of rotatable bonds is 3. The first-order valence-corrected chi connectivity index (χ1v) is 14.1. The van der Waals surface area contributed by atoms with E-state index in [2.05, 4.69) is 83.4 Å². The molecule has 3 aromatic heterocycles. The summed E-state index contributed by atoms with van der Waals surface area (Å²) in [6.45, 7) is 0. The summed E-state index contributed by atoms with van der Waals surface area (Å²) in [6.07, 6.45) is 0. The van der Waals surface area contributed by atoms with Gasteiger partial charge in [-0.15, -0.1) is 0 Å². The Kier molecular flexibility index (Phi) is 4.73. The van der Waals surface area contributed by atoms with Gasteiger partial charge in [0, 0.05) is 32.8 Å². The Hall–Kier alpha value is -5.74. The van der Waals surface area contributed by atoms with Crippen molar-refractivity contribution < 1.29 is 0 Å². The number of para-hydroxylation sites is 1. The van der Waals surface area contributed by atoms with Gasteiger partial charge in [-0.1, -0.05) is 103 Å². The summed E-state index contributed by atoms with van der Waals surface area (Å²) in [5, 5.41) is 5.04. The van der Waals surface area contributed by atoms with Crippen molar-refractivity contribution in [2.24, 2.45) is 0 Å². The molecule has 0 saturated carbocycles. The van der Waals surface area contributed by atoms with Crippen LogP contribution in [0.2, 0.25) is 0 Å². The maximum absolute atomic E-state index is 13.9. The van der Waals surface area contributed by atoms with Crippen LogP contribution in [0.15, 0.2) is 144 Å². The number of hydrogen-bond donors (Lipinski definition) is 0. The van der Waals surface area contributed by atoms with E-state index in [1.54, 1.807) is 4.40 Å². The highest BCUT2D eigenvalue weighted by Gasteiger charge is 2.21. The van der Waals surface area contributed by atoms with Gasteiger partial charge in [0.05, 0.1) is 22.1 Å². The highest BCUT2D eigenvalue weighted by molar-refractivity contribution is 6.14. The van der Waals surface area contributed by atoms with E-state index in [4.69, 9.17) is 4.98 Å². The van der Waals surface area contributed by atoms with Crippen molar-refractivity contribution in [3.63, 3.8) is 0 Å². The molecule has 0 saturated heterocycles. The van der Waals surface area contributed by atoms with Gasteiger partial charge in [0.2, 0.25) is 0 Å². The summed E-state index contributed by atoms with van der Waals surface area (Å²) in [4.78, 5) is 19.0. The van der Waals surface area contributed by atoms with Crippen molar-refractivity contribution in [1.82, 2.24) is 14.0 Å². The van der Waals surface area contributed by atoms with Gasteiger partial charge in [-0.3, -0.25) is 9.20 Å². The predicted octanol–water partition coefficient (Wildman–Crippen LogP) is 8.87. The SMILES string of the molecule is O=c1c2ccccc2c2cc(-n3c4ccccc4c4cc(-c5ccccc5)ccc43)cc3nc(-c4ccccc4)n1c32. The fraction of sp³-hybridized carbons (Fsp3) is 0. The lowest BCUT2D eigenvalue weighted by Crippen LogP contribution is -2.14. The van der Waals surface area contributed by atoms with E-state index in [9.17, 15) is 4.79 Å². The Balaban J connectivity index is 1.40.